The van der Waals surface area contributed by atoms with Gasteiger partial charge in [0.25, 0.3) is 0 Å². The fraction of sp³-hybridized carbons (Fsp3) is 0.417. The number of carbonyl (C=O) groups is 1. The molecular formula is C12H14N2O3. The minimum absolute atomic E-state index is 0.200. The fourth-order valence-electron chi connectivity index (χ4n) is 1.90. The molecule has 1 saturated heterocycles. The lowest BCUT2D eigenvalue weighted by molar-refractivity contribution is 0.0342. The Morgan fingerprint density at radius 2 is 2.12 bits per heavy atom. The molecule has 1 aromatic rings. The third-order valence-electron chi connectivity index (χ3n) is 2.83. The molecule has 0 atom stereocenters. The van der Waals surface area contributed by atoms with E-state index in [0.29, 0.717) is 11.8 Å². The number of ether oxygens (including phenoxy) is 1. The minimum atomic E-state index is 0.200. The van der Waals surface area contributed by atoms with E-state index in [9.17, 15) is 9.70 Å². The number of morpholine rings is 1. The summed E-state index contributed by atoms with van der Waals surface area (Å²) in [5.74, 6) is 0. The van der Waals surface area contributed by atoms with E-state index in [1.54, 1.807) is 12.1 Å². The number of nitrogens with zero attached hydrogens (tertiary/aromatic N) is 2. The van der Waals surface area contributed by atoms with Crippen molar-refractivity contribution in [1.29, 1.82) is 0 Å². The van der Waals surface area contributed by atoms with E-state index >= 15 is 0 Å². The predicted octanol–water partition coefficient (Wildman–Crippen LogP) is 1.73. The highest BCUT2D eigenvalue weighted by Gasteiger charge is 2.11. The molecule has 0 aromatic heterocycles. The van der Waals surface area contributed by atoms with Gasteiger partial charge in [-0.15, -0.1) is 4.91 Å². The molecule has 0 bridgehead atoms. The van der Waals surface area contributed by atoms with Crippen molar-refractivity contribution in [3.63, 3.8) is 0 Å². The summed E-state index contributed by atoms with van der Waals surface area (Å²) < 4.78 is 5.26. The number of rotatable bonds is 4. The zero-order valence-corrected chi connectivity index (χ0v) is 9.46. The van der Waals surface area contributed by atoms with Crippen LogP contribution in [0.25, 0.3) is 0 Å². The number of hydrogen-bond acceptors (Lipinski definition) is 5. The zero-order chi connectivity index (χ0) is 12.1. The van der Waals surface area contributed by atoms with Gasteiger partial charge in [0, 0.05) is 25.2 Å². The van der Waals surface area contributed by atoms with Crippen molar-refractivity contribution in [2.75, 3.05) is 26.3 Å². The summed E-state index contributed by atoms with van der Waals surface area (Å²) in [6.07, 6.45) is 0.666. The summed E-state index contributed by atoms with van der Waals surface area (Å²) in [7, 11) is 0. The van der Waals surface area contributed by atoms with Crippen LogP contribution in [0.2, 0.25) is 0 Å². The Morgan fingerprint density at radius 1 is 1.35 bits per heavy atom. The molecule has 0 aliphatic carbocycles. The molecule has 5 heteroatoms. The molecule has 5 nitrogen and oxygen atoms in total. The van der Waals surface area contributed by atoms with Crippen molar-refractivity contribution in [3.05, 3.63) is 34.2 Å². The van der Waals surface area contributed by atoms with Gasteiger partial charge in [-0.25, -0.2) is 0 Å². The van der Waals surface area contributed by atoms with Gasteiger partial charge in [0.15, 0.2) is 6.29 Å². The summed E-state index contributed by atoms with van der Waals surface area (Å²) in [6.45, 7) is 4.04. The predicted molar refractivity (Wildman–Crippen MR) is 63.4 cm³/mol. The number of carbonyl (C=O) groups excluding carboxylic acids is 1. The van der Waals surface area contributed by atoms with Gasteiger partial charge < -0.3 is 4.74 Å². The molecule has 1 aromatic carbocycles. The Hall–Kier alpha value is -1.59. The summed E-state index contributed by atoms with van der Waals surface area (Å²) in [6, 6.07) is 5.14. The van der Waals surface area contributed by atoms with Crippen LogP contribution in [-0.4, -0.2) is 37.5 Å². The highest BCUT2D eigenvalue weighted by molar-refractivity contribution is 5.83. The van der Waals surface area contributed by atoms with Gasteiger partial charge in [-0.05, 0) is 22.9 Å². The second-order valence-corrected chi connectivity index (χ2v) is 3.99. The van der Waals surface area contributed by atoms with Crippen molar-refractivity contribution < 1.29 is 9.53 Å². The van der Waals surface area contributed by atoms with E-state index < -0.39 is 0 Å². The van der Waals surface area contributed by atoms with Crippen LogP contribution in [0.15, 0.2) is 23.4 Å². The Bertz CT molecular complexity index is 414. The molecule has 1 aliphatic heterocycles. The molecule has 0 unspecified atom stereocenters. The fourth-order valence-corrected chi connectivity index (χ4v) is 1.90. The molecule has 17 heavy (non-hydrogen) atoms. The maximum atomic E-state index is 10.8. The molecule has 1 fully saturated rings. The van der Waals surface area contributed by atoms with E-state index in [-0.39, 0.29) is 5.69 Å². The van der Waals surface area contributed by atoms with Crippen molar-refractivity contribution in [2.24, 2.45) is 5.18 Å². The van der Waals surface area contributed by atoms with Gasteiger partial charge >= 0.3 is 0 Å². The molecule has 0 saturated carbocycles. The van der Waals surface area contributed by atoms with Crippen LogP contribution in [0, 0.1) is 4.91 Å². The lowest BCUT2D eigenvalue weighted by atomic mass is 10.1. The molecule has 0 radical (unpaired) electrons. The highest BCUT2D eigenvalue weighted by Crippen LogP contribution is 2.19. The first-order valence-electron chi connectivity index (χ1n) is 5.55. The minimum Gasteiger partial charge on any atom is -0.379 e. The van der Waals surface area contributed by atoms with Crippen LogP contribution in [0.5, 0.6) is 0 Å². The molecule has 0 N–H and O–H groups in total. The molecule has 0 amide bonds. The Labute approximate surface area is 99.3 Å². The second kappa shape index (κ2) is 5.65. The third-order valence-corrected chi connectivity index (χ3v) is 2.83. The summed E-state index contributed by atoms with van der Waals surface area (Å²) in [4.78, 5) is 23.5. The summed E-state index contributed by atoms with van der Waals surface area (Å²) in [5.41, 5.74) is 1.57. The first-order valence-corrected chi connectivity index (χ1v) is 5.55. The second-order valence-electron chi connectivity index (χ2n) is 3.99. The quantitative estimate of drug-likeness (QED) is 0.588. The van der Waals surface area contributed by atoms with E-state index in [2.05, 4.69) is 10.1 Å². The average Bonchev–Trinajstić information content (AvgIpc) is 2.40. The molecule has 90 valence electrons. The van der Waals surface area contributed by atoms with Gasteiger partial charge in [-0.1, -0.05) is 6.07 Å². The van der Waals surface area contributed by atoms with Crippen molar-refractivity contribution in [3.8, 4) is 0 Å². The maximum absolute atomic E-state index is 10.8. The van der Waals surface area contributed by atoms with Crippen LogP contribution in [0.4, 0.5) is 5.69 Å². The standard InChI is InChI=1S/C12H14N2O3/c15-9-11-7-10(1-2-12(11)13-16)8-14-3-5-17-6-4-14/h1-2,7,9H,3-6,8H2. The lowest BCUT2D eigenvalue weighted by Crippen LogP contribution is -2.35. The Morgan fingerprint density at radius 3 is 2.76 bits per heavy atom. The monoisotopic (exact) mass is 234 g/mol. The van der Waals surface area contributed by atoms with Crippen LogP contribution in [-0.2, 0) is 11.3 Å². The van der Waals surface area contributed by atoms with Crippen LogP contribution < -0.4 is 0 Å². The van der Waals surface area contributed by atoms with Gasteiger partial charge in [0.1, 0.15) is 5.69 Å². The van der Waals surface area contributed by atoms with Crippen molar-refractivity contribution in [2.45, 2.75) is 6.54 Å². The third kappa shape index (κ3) is 2.95. The van der Waals surface area contributed by atoms with Crippen molar-refractivity contribution >= 4 is 12.0 Å². The first kappa shape index (κ1) is 11.9. The SMILES string of the molecule is O=Cc1cc(CN2CCOCC2)ccc1N=O. The van der Waals surface area contributed by atoms with Crippen LogP contribution in [0.3, 0.4) is 0 Å². The van der Waals surface area contributed by atoms with Gasteiger partial charge in [0.2, 0.25) is 0 Å². The number of nitroso groups, excluding NO2 is 1. The van der Waals surface area contributed by atoms with Crippen LogP contribution >= 0.6 is 0 Å². The smallest absolute Gasteiger partial charge is 0.152 e. The largest absolute Gasteiger partial charge is 0.379 e. The molecular weight excluding hydrogens is 220 g/mol. The molecule has 0 spiro atoms. The summed E-state index contributed by atoms with van der Waals surface area (Å²) in [5, 5.41) is 2.81. The number of benzene rings is 1. The van der Waals surface area contributed by atoms with Crippen molar-refractivity contribution in [1.82, 2.24) is 4.90 Å². The van der Waals surface area contributed by atoms with Gasteiger partial charge in [-0.2, -0.15) is 0 Å². The number of hydrogen-bond donors (Lipinski definition) is 0. The number of aldehydes is 1. The Kier molecular flexibility index (Phi) is 3.95. The average molecular weight is 234 g/mol. The van der Waals surface area contributed by atoms with Crippen LogP contribution in [0.1, 0.15) is 15.9 Å². The van der Waals surface area contributed by atoms with Gasteiger partial charge in [0.05, 0.1) is 13.2 Å². The normalized spacial score (nSPS) is 16.7. The molecule has 1 heterocycles. The highest BCUT2D eigenvalue weighted by atomic mass is 16.5. The van der Waals surface area contributed by atoms with E-state index in [1.165, 1.54) is 0 Å². The first-order chi connectivity index (χ1) is 8.33. The van der Waals surface area contributed by atoms with E-state index in [1.807, 2.05) is 6.07 Å². The Balaban J connectivity index is 2.10. The maximum Gasteiger partial charge on any atom is 0.152 e. The lowest BCUT2D eigenvalue weighted by Gasteiger charge is -2.26. The molecule has 2 rings (SSSR count). The molecule has 1 aliphatic rings. The summed E-state index contributed by atoms with van der Waals surface area (Å²) >= 11 is 0. The zero-order valence-electron chi connectivity index (χ0n) is 9.46. The van der Waals surface area contributed by atoms with Gasteiger partial charge in [-0.3, -0.25) is 9.69 Å². The topological polar surface area (TPSA) is 59.0 Å². The van der Waals surface area contributed by atoms with E-state index in [0.717, 1.165) is 38.4 Å². The van der Waals surface area contributed by atoms with E-state index in [4.69, 9.17) is 4.74 Å².